The Bertz CT molecular complexity index is 288. The Balaban J connectivity index is 2.09. The SMILES string of the molecule is Cc1ccc([C@@H](Br)[C@H]2CCCO2)cc1. The first-order valence-corrected chi connectivity index (χ1v) is 6.01. The standard InChI is InChI=1S/C12H15BrO/c1-9-4-6-10(7-5-9)12(13)11-3-2-8-14-11/h4-7,11-12H,2-3,8H2,1H3/t11-,12-/m1/s1. The number of alkyl halides is 1. The molecule has 0 unspecified atom stereocenters. The first-order chi connectivity index (χ1) is 6.77. The molecule has 2 atom stereocenters. The second kappa shape index (κ2) is 4.45. The van der Waals surface area contributed by atoms with Crippen molar-refractivity contribution in [3.63, 3.8) is 0 Å². The van der Waals surface area contributed by atoms with Crippen LogP contribution in [0.5, 0.6) is 0 Å². The van der Waals surface area contributed by atoms with Crippen molar-refractivity contribution < 1.29 is 4.74 Å². The van der Waals surface area contributed by atoms with Gasteiger partial charge in [0.25, 0.3) is 0 Å². The molecular weight excluding hydrogens is 240 g/mol. The summed E-state index contributed by atoms with van der Waals surface area (Å²) in [5.41, 5.74) is 2.63. The fourth-order valence-electron chi connectivity index (χ4n) is 1.80. The molecule has 2 heteroatoms. The summed E-state index contributed by atoms with van der Waals surface area (Å²) in [6.45, 7) is 3.03. The Labute approximate surface area is 93.6 Å². The van der Waals surface area contributed by atoms with Crippen molar-refractivity contribution in [2.75, 3.05) is 6.61 Å². The monoisotopic (exact) mass is 254 g/mol. The third-order valence-corrected chi connectivity index (χ3v) is 3.81. The van der Waals surface area contributed by atoms with Crippen LogP contribution in [0.2, 0.25) is 0 Å². The lowest BCUT2D eigenvalue weighted by molar-refractivity contribution is 0.110. The molecule has 0 bridgehead atoms. The number of halogens is 1. The highest BCUT2D eigenvalue weighted by atomic mass is 79.9. The van der Waals surface area contributed by atoms with Gasteiger partial charge in [-0.1, -0.05) is 45.8 Å². The lowest BCUT2D eigenvalue weighted by Gasteiger charge is -2.17. The molecule has 0 aromatic heterocycles. The van der Waals surface area contributed by atoms with E-state index in [1.807, 2.05) is 0 Å². The molecule has 1 heterocycles. The van der Waals surface area contributed by atoms with E-state index in [0.717, 1.165) is 6.61 Å². The highest BCUT2D eigenvalue weighted by molar-refractivity contribution is 9.09. The van der Waals surface area contributed by atoms with Gasteiger partial charge in [-0.05, 0) is 25.3 Å². The third-order valence-electron chi connectivity index (χ3n) is 2.69. The van der Waals surface area contributed by atoms with Crippen molar-refractivity contribution in [1.82, 2.24) is 0 Å². The fourth-order valence-corrected chi connectivity index (χ4v) is 2.52. The number of ether oxygens (including phenoxy) is 1. The van der Waals surface area contributed by atoms with Gasteiger partial charge in [0.05, 0.1) is 10.9 Å². The van der Waals surface area contributed by atoms with E-state index in [4.69, 9.17) is 4.74 Å². The normalized spacial score (nSPS) is 23.7. The second-order valence-corrected chi connectivity index (χ2v) is 4.85. The van der Waals surface area contributed by atoms with Crippen molar-refractivity contribution in [2.24, 2.45) is 0 Å². The third kappa shape index (κ3) is 2.18. The minimum Gasteiger partial charge on any atom is -0.377 e. The van der Waals surface area contributed by atoms with Crippen molar-refractivity contribution >= 4 is 15.9 Å². The lowest BCUT2D eigenvalue weighted by atomic mass is 10.0. The van der Waals surface area contributed by atoms with Crippen LogP contribution >= 0.6 is 15.9 Å². The molecule has 1 aromatic carbocycles. The molecule has 1 fully saturated rings. The van der Waals surface area contributed by atoms with Crippen LogP contribution < -0.4 is 0 Å². The summed E-state index contributed by atoms with van der Waals surface area (Å²) in [4.78, 5) is 0.352. The van der Waals surface area contributed by atoms with E-state index in [1.165, 1.54) is 24.0 Å². The van der Waals surface area contributed by atoms with Gasteiger partial charge in [0.2, 0.25) is 0 Å². The quantitative estimate of drug-likeness (QED) is 0.733. The summed E-state index contributed by atoms with van der Waals surface area (Å²) < 4.78 is 5.65. The Kier molecular flexibility index (Phi) is 3.24. The van der Waals surface area contributed by atoms with Crippen LogP contribution in [-0.2, 0) is 4.74 Å². The highest BCUT2D eigenvalue weighted by Gasteiger charge is 2.24. The summed E-state index contributed by atoms with van der Waals surface area (Å²) in [6, 6.07) is 8.66. The van der Waals surface area contributed by atoms with Gasteiger partial charge in [-0.2, -0.15) is 0 Å². The molecule has 0 radical (unpaired) electrons. The van der Waals surface area contributed by atoms with Crippen LogP contribution in [0.3, 0.4) is 0 Å². The largest absolute Gasteiger partial charge is 0.377 e. The highest BCUT2D eigenvalue weighted by Crippen LogP contribution is 2.33. The van der Waals surface area contributed by atoms with Gasteiger partial charge in [0.1, 0.15) is 0 Å². The molecule has 1 nitrogen and oxygen atoms in total. The van der Waals surface area contributed by atoms with E-state index in [2.05, 4.69) is 47.1 Å². The number of benzene rings is 1. The Morgan fingerprint density at radius 3 is 2.64 bits per heavy atom. The predicted molar refractivity (Wildman–Crippen MR) is 61.8 cm³/mol. The van der Waals surface area contributed by atoms with Gasteiger partial charge < -0.3 is 4.74 Å². The first-order valence-electron chi connectivity index (χ1n) is 5.09. The molecule has 0 aliphatic carbocycles. The van der Waals surface area contributed by atoms with Crippen LogP contribution in [0.1, 0.15) is 28.8 Å². The summed E-state index contributed by atoms with van der Waals surface area (Å²) in [7, 11) is 0. The van der Waals surface area contributed by atoms with Crippen LogP contribution in [0, 0.1) is 6.92 Å². The average molecular weight is 255 g/mol. The van der Waals surface area contributed by atoms with Gasteiger partial charge in [-0.25, -0.2) is 0 Å². The number of hydrogen-bond donors (Lipinski definition) is 0. The van der Waals surface area contributed by atoms with Crippen LogP contribution in [0.15, 0.2) is 24.3 Å². The molecule has 76 valence electrons. The molecule has 1 saturated heterocycles. The number of hydrogen-bond acceptors (Lipinski definition) is 1. The summed E-state index contributed by atoms with van der Waals surface area (Å²) in [6.07, 6.45) is 2.72. The van der Waals surface area contributed by atoms with Crippen molar-refractivity contribution in [3.05, 3.63) is 35.4 Å². The number of rotatable bonds is 2. The topological polar surface area (TPSA) is 9.23 Å². The predicted octanol–water partition coefficient (Wildman–Crippen LogP) is 3.61. The maximum atomic E-state index is 5.65. The zero-order chi connectivity index (χ0) is 9.97. The molecule has 1 aromatic rings. The Hall–Kier alpha value is -0.340. The molecule has 1 aliphatic rings. The van der Waals surface area contributed by atoms with Gasteiger partial charge in [0.15, 0.2) is 0 Å². The number of aryl methyl sites for hydroxylation is 1. The zero-order valence-electron chi connectivity index (χ0n) is 8.37. The minimum atomic E-state index is 0.352. The van der Waals surface area contributed by atoms with E-state index in [0.29, 0.717) is 10.9 Å². The maximum absolute atomic E-state index is 5.65. The molecule has 14 heavy (non-hydrogen) atoms. The summed E-state index contributed by atoms with van der Waals surface area (Å²) in [5, 5.41) is 0. The maximum Gasteiger partial charge on any atom is 0.0741 e. The van der Waals surface area contributed by atoms with E-state index in [1.54, 1.807) is 0 Å². The van der Waals surface area contributed by atoms with E-state index in [-0.39, 0.29) is 0 Å². The van der Waals surface area contributed by atoms with Gasteiger partial charge in [-0.15, -0.1) is 0 Å². The molecule has 0 spiro atoms. The van der Waals surface area contributed by atoms with Crippen LogP contribution in [0.4, 0.5) is 0 Å². The average Bonchev–Trinajstić information content (AvgIpc) is 2.71. The zero-order valence-corrected chi connectivity index (χ0v) is 9.96. The van der Waals surface area contributed by atoms with E-state index < -0.39 is 0 Å². The van der Waals surface area contributed by atoms with Crippen LogP contribution in [-0.4, -0.2) is 12.7 Å². The fraction of sp³-hybridized carbons (Fsp3) is 0.500. The van der Waals surface area contributed by atoms with E-state index in [9.17, 15) is 0 Å². The van der Waals surface area contributed by atoms with Crippen molar-refractivity contribution in [2.45, 2.75) is 30.7 Å². The van der Waals surface area contributed by atoms with Crippen LogP contribution in [0.25, 0.3) is 0 Å². The lowest BCUT2D eigenvalue weighted by Crippen LogP contribution is -2.12. The van der Waals surface area contributed by atoms with E-state index >= 15 is 0 Å². The van der Waals surface area contributed by atoms with Crippen molar-refractivity contribution in [3.8, 4) is 0 Å². The van der Waals surface area contributed by atoms with Gasteiger partial charge in [0, 0.05) is 6.61 Å². The smallest absolute Gasteiger partial charge is 0.0741 e. The summed E-state index contributed by atoms with van der Waals surface area (Å²) in [5.74, 6) is 0. The Morgan fingerprint density at radius 1 is 1.36 bits per heavy atom. The first kappa shape index (κ1) is 10.2. The molecule has 0 amide bonds. The Morgan fingerprint density at radius 2 is 2.07 bits per heavy atom. The second-order valence-electron chi connectivity index (χ2n) is 3.86. The molecule has 2 rings (SSSR count). The molecular formula is C12H15BrO. The minimum absolute atomic E-state index is 0.352. The van der Waals surface area contributed by atoms with Crippen molar-refractivity contribution in [1.29, 1.82) is 0 Å². The summed E-state index contributed by atoms with van der Waals surface area (Å²) >= 11 is 3.71. The molecule has 0 N–H and O–H groups in total. The van der Waals surface area contributed by atoms with Gasteiger partial charge >= 0.3 is 0 Å². The molecule has 1 aliphatic heterocycles. The molecule has 0 saturated carbocycles. The van der Waals surface area contributed by atoms with Gasteiger partial charge in [-0.3, -0.25) is 0 Å².